The summed E-state index contributed by atoms with van der Waals surface area (Å²) in [6.45, 7) is 2.17. The zero-order valence-corrected chi connectivity index (χ0v) is 11.3. The van der Waals surface area contributed by atoms with E-state index in [0.717, 1.165) is 13.1 Å². The fourth-order valence-corrected chi connectivity index (χ4v) is 3.31. The van der Waals surface area contributed by atoms with Gasteiger partial charge in [0.25, 0.3) is 5.91 Å². The van der Waals surface area contributed by atoms with Gasteiger partial charge < -0.3 is 5.32 Å². The Morgan fingerprint density at radius 3 is 2.84 bits per heavy atom. The molecule has 3 aliphatic rings. The Hall–Kier alpha value is -1.36. The van der Waals surface area contributed by atoms with Crippen LogP contribution in [0.25, 0.3) is 0 Å². The minimum absolute atomic E-state index is 0.00774. The predicted molar refractivity (Wildman–Crippen MR) is 74.4 cm³/mol. The van der Waals surface area contributed by atoms with Crippen molar-refractivity contribution in [3.63, 3.8) is 0 Å². The van der Waals surface area contributed by atoms with Crippen molar-refractivity contribution in [3.8, 4) is 0 Å². The van der Waals surface area contributed by atoms with Gasteiger partial charge in [-0.05, 0) is 24.8 Å². The van der Waals surface area contributed by atoms with Crippen LogP contribution in [0.2, 0.25) is 0 Å². The summed E-state index contributed by atoms with van der Waals surface area (Å²) < 4.78 is 0. The van der Waals surface area contributed by atoms with E-state index in [1.54, 1.807) is 6.21 Å². The van der Waals surface area contributed by atoms with Gasteiger partial charge in [-0.15, -0.1) is 0 Å². The molecule has 1 saturated heterocycles. The van der Waals surface area contributed by atoms with Gasteiger partial charge >= 0.3 is 0 Å². The molecule has 5 heteroatoms. The van der Waals surface area contributed by atoms with Gasteiger partial charge in [0.05, 0.1) is 12.6 Å². The number of hydrazine groups is 1. The quantitative estimate of drug-likeness (QED) is 0.812. The first-order valence-corrected chi connectivity index (χ1v) is 7.34. The zero-order chi connectivity index (χ0) is 13.1. The Morgan fingerprint density at radius 2 is 2.11 bits per heavy atom. The van der Waals surface area contributed by atoms with Crippen LogP contribution in [0.5, 0.6) is 0 Å². The molecule has 1 saturated carbocycles. The van der Waals surface area contributed by atoms with Crippen LogP contribution in [-0.2, 0) is 4.79 Å². The van der Waals surface area contributed by atoms with Crippen LogP contribution in [0.15, 0.2) is 17.3 Å². The first-order valence-electron chi connectivity index (χ1n) is 7.34. The van der Waals surface area contributed by atoms with E-state index in [1.165, 1.54) is 32.1 Å². The van der Waals surface area contributed by atoms with Gasteiger partial charge in [-0.3, -0.25) is 19.8 Å². The molecular formula is C14H22N4O. The Kier molecular flexibility index (Phi) is 3.82. The Bertz CT molecular complexity index is 387. The van der Waals surface area contributed by atoms with E-state index in [4.69, 9.17) is 0 Å². The Morgan fingerprint density at radius 1 is 1.26 bits per heavy atom. The minimum atomic E-state index is 0.00774. The number of allylic oxidation sites excluding steroid dienone is 1. The Balaban J connectivity index is 1.68. The fraction of sp³-hybridized carbons (Fsp3) is 0.714. The summed E-state index contributed by atoms with van der Waals surface area (Å²) in [5.41, 5.74) is 0. The normalized spacial score (nSPS) is 29.1. The first-order chi connectivity index (χ1) is 9.36. The molecule has 1 N–H and O–H groups in total. The van der Waals surface area contributed by atoms with Gasteiger partial charge in [-0.1, -0.05) is 19.3 Å². The molecule has 2 fully saturated rings. The van der Waals surface area contributed by atoms with E-state index >= 15 is 0 Å². The molecule has 19 heavy (non-hydrogen) atoms. The van der Waals surface area contributed by atoms with Crippen molar-refractivity contribution < 1.29 is 4.79 Å². The van der Waals surface area contributed by atoms with Gasteiger partial charge in [-0.25, -0.2) is 0 Å². The highest BCUT2D eigenvalue weighted by Crippen LogP contribution is 2.28. The monoisotopic (exact) mass is 262 g/mol. The van der Waals surface area contributed by atoms with E-state index in [0.29, 0.717) is 12.6 Å². The predicted octanol–water partition coefficient (Wildman–Crippen LogP) is 1.14. The average Bonchev–Trinajstić information content (AvgIpc) is 2.49. The maximum absolute atomic E-state index is 12.7. The maximum Gasteiger partial charge on any atom is 0.258 e. The SMILES string of the molecule is O=C1C(C2CCCCC2)NCCN1N1C=CC=NC1. The number of carbonyl (C=O) groups excluding carboxylic acids is 1. The third kappa shape index (κ3) is 2.66. The van der Waals surface area contributed by atoms with Crippen molar-refractivity contribution in [2.24, 2.45) is 10.9 Å². The highest BCUT2D eigenvalue weighted by atomic mass is 16.2. The second kappa shape index (κ2) is 5.74. The molecule has 1 amide bonds. The highest BCUT2D eigenvalue weighted by Gasteiger charge is 2.36. The van der Waals surface area contributed by atoms with Crippen molar-refractivity contribution in [1.82, 2.24) is 15.3 Å². The molecule has 5 nitrogen and oxygen atoms in total. The molecule has 1 aliphatic carbocycles. The molecule has 0 aromatic heterocycles. The fourth-order valence-electron chi connectivity index (χ4n) is 3.31. The highest BCUT2D eigenvalue weighted by molar-refractivity contribution is 5.83. The van der Waals surface area contributed by atoms with Crippen LogP contribution in [0.4, 0.5) is 0 Å². The minimum Gasteiger partial charge on any atom is -0.304 e. The summed E-state index contributed by atoms with van der Waals surface area (Å²) in [4.78, 5) is 16.9. The number of hydrogen-bond acceptors (Lipinski definition) is 4. The van der Waals surface area contributed by atoms with Crippen LogP contribution in [0, 0.1) is 5.92 Å². The summed E-state index contributed by atoms with van der Waals surface area (Å²) >= 11 is 0. The standard InChI is InChI=1S/C14H22N4O/c19-14-13(12-5-2-1-3-6-12)16-8-10-18(14)17-9-4-7-15-11-17/h4,7,9,12-13,16H,1-3,5-6,8,10-11H2. The van der Waals surface area contributed by atoms with E-state index in [-0.39, 0.29) is 11.9 Å². The van der Waals surface area contributed by atoms with Crippen molar-refractivity contribution in [1.29, 1.82) is 0 Å². The lowest BCUT2D eigenvalue weighted by molar-refractivity contribution is -0.152. The first kappa shape index (κ1) is 12.7. The van der Waals surface area contributed by atoms with Crippen LogP contribution in [-0.4, -0.2) is 47.9 Å². The van der Waals surface area contributed by atoms with Crippen molar-refractivity contribution in [2.45, 2.75) is 38.1 Å². The topological polar surface area (TPSA) is 47.9 Å². The molecule has 0 bridgehead atoms. The number of hydrogen-bond donors (Lipinski definition) is 1. The van der Waals surface area contributed by atoms with Crippen molar-refractivity contribution in [3.05, 3.63) is 12.3 Å². The second-order valence-corrected chi connectivity index (χ2v) is 5.55. The summed E-state index contributed by atoms with van der Waals surface area (Å²) in [5, 5.41) is 7.22. The third-order valence-electron chi connectivity index (χ3n) is 4.32. The van der Waals surface area contributed by atoms with E-state index in [9.17, 15) is 4.79 Å². The lowest BCUT2D eigenvalue weighted by Crippen LogP contribution is -2.61. The summed E-state index contributed by atoms with van der Waals surface area (Å²) in [6, 6.07) is 0.00774. The molecule has 2 aliphatic heterocycles. The molecule has 104 valence electrons. The summed E-state index contributed by atoms with van der Waals surface area (Å²) in [5.74, 6) is 0.737. The number of rotatable bonds is 2. The van der Waals surface area contributed by atoms with E-state index in [1.807, 2.05) is 22.3 Å². The molecule has 0 aromatic carbocycles. The zero-order valence-electron chi connectivity index (χ0n) is 11.3. The van der Waals surface area contributed by atoms with Gasteiger partial charge in [0.2, 0.25) is 0 Å². The molecular weight excluding hydrogens is 240 g/mol. The molecule has 0 aromatic rings. The van der Waals surface area contributed by atoms with Crippen molar-refractivity contribution >= 4 is 12.1 Å². The van der Waals surface area contributed by atoms with Gasteiger partial charge in [-0.2, -0.15) is 0 Å². The third-order valence-corrected chi connectivity index (χ3v) is 4.32. The smallest absolute Gasteiger partial charge is 0.258 e. The molecule has 0 radical (unpaired) electrons. The number of nitrogens with one attached hydrogen (secondary N) is 1. The number of piperazine rings is 1. The average molecular weight is 262 g/mol. The summed E-state index contributed by atoms with van der Waals surface area (Å²) in [7, 11) is 0. The van der Waals surface area contributed by atoms with Crippen molar-refractivity contribution in [2.75, 3.05) is 19.8 Å². The summed E-state index contributed by atoms with van der Waals surface area (Å²) in [6.07, 6.45) is 11.8. The molecule has 1 atom stereocenters. The molecule has 0 spiro atoms. The number of nitrogens with zero attached hydrogens (tertiary/aromatic N) is 3. The Labute approximate surface area is 114 Å². The number of amides is 1. The molecule has 2 heterocycles. The van der Waals surface area contributed by atoms with Gasteiger partial charge in [0, 0.05) is 19.0 Å². The van der Waals surface area contributed by atoms with Crippen LogP contribution >= 0.6 is 0 Å². The van der Waals surface area contributed by atoms with Crippen LogP contribution < -0.4 is 5.32 Å². The number of aliphatic imine (C=N–C) groups is 1. The number of carbonyl (C=O) groups is 1. The van der Waals surface area contributed by atoms with E-state index in [2.05, 4.69) is 10.3 Å². The van der Waals surface area contributed by atoms with Gasteiger partial charge in [0.15, 0.2) is 0 Å². The lowest BCUT2D eigenvalue weighted by Gasteiger charge is -2.42. The molecule has 1 unspecified atom stereocenters. The van der Waals surface area contributed by atoms with Crippen LogP contribution in [0.1, 0.15) is 32.1 Å². The van der Waals surface area contributed by atoms with Gasteiger partial charge in [0.1, 0.15) is 6.67 Å². The lowest BCUT2D eigenvalue weighted by atomic mass is 9.83. The van der Waals surface area contributed by atoms with Crippen LogP contribution in [0.3, 0.4) is 0 Å². The maximum atomic E-state index is 12.7. The molecule has 3 rings (SSSR count). The van der Waals surface area contributed by atoms with E-state index < -0.39 is 0 Å². The second-order valence-electron chi connectivity index (χ2n) is 5.55. The largest absolute Gasteiger partial charge is 0.304 e.